The Balaban J connectivity index is 0.00000258. The van der Waals surface area contributed by atoms with Crippen molar-refractivity contribution >= 4 is 42.5 Å². The Morgan fingerprint density at radius 2 is 1.79 bits per heavy atom. The maximum atomic E-state index is 13.4. The van der Waals surface area contributed by atoms with Gasteiger partial charge in [0.05, 0.1) is 23.9 Å². The van der Waals surface area contributed by atoms with Gasteiger partial charge in [0, 0.05) is 30.9 Å². The second kappa shape index (κ2) is 17.5. The molecule has 0 saturated carbocycles. The third-order valence-electron chi connectivity index (χ3n) is 4.73. The van der Waals surface area contributed by atoms with Gasteiger partial charge in [-0.25, -0.2) is 4.39 Å². The maximum Gasteiger partial charge on any atom is 0.255 e. The van der Waals surface area contributed by atoms with Crippen LogP contribution in [0.25, 0.3) is 0 Å². The summed E-state index contributed by atoms with van der Waals surface area (Å²) in [6, 6.07) is 9.38. The minimum Gasteiger partial charge on any atom is -0.495 e. The molecule has 34 heavy (non-hydrogen) atoms. The van der Waals surface area contributed by atoms with Crippen LogP contribution in [0.4, 0.5) is 15.8 Å². The number of benzene rings is 2. The van der Waals surface area contributed by atoms with Crippen LogP contribution in [0.2, 0.25) is 5.02 Å². The molecule has 1 amide bonds. The number of nitrogens with zero attached hydrogens (tertiary/aromatic N) is 1. The summed E-state index contributed by atoms with van der Waals surface area (Å²) in [7, 11) is 1.61. The van der Waals surface area contributed by atoms with Crippen LogP contribution in [0.5, 0.6) is 5.75 Å². The molecule has 0 aliphatic heterocycles. The Labute approximate surface area is 206 Å². The van der Waals surface area contributed by atoms with Crippen molar-refractivity contribution < 1.29 is 28.2 Å². The van der Waals surface area contributed by atoms with Crippen LogP contribution in [0, 0.1) is 5.82 Å². The first-order chi connectivity index (χ1) is 16.4. The van der Waals surface area contributed by atoms with Crippen molar-refractivity contribution in [2.75, 3.05) is 37.0 Å². The van der Waals surface area contributed by atoms with E-state index in [2.05, 4.69) is 24.1 Å². The smallest absolute Gasteiger partial charge is 0.255 e. The average molecular weight is 497 g/mol. The number of nitrogens with one attached hydrogen (secondary N) is 1. The highest BCUT2D eigenvalue weighted by Crippen LogP contribution is 2.31. The summed E-state index contributed by atoms with van der Waals surface area (Å²) in [6.45, 7) is 12.3. The van der Waals surface area contributed by atoms with Crippen molar-refractivity contribution in [1.29, 1.82) is 0 Å². The third kappa shape index (κ3) is 9.49. The molecule has 0 bridgehead atoms. The molecular weight excluding hydrogens is 463 g/mol. The summed E-state index contributed by atoms with van der Waals surface area (Å²) in [5.74, 6) is -0.151. The summed E-state index contributed by atoms with van der Waals surface area (Å²) < 4.78 is 24.8. The van der Waals surface area contributed by atoms with E-state index in [9.17, 15) is 9.18 Å². The molecular formula is C25H34ClFN2O5. The normalized spacial score (nSPS) is 10.6. The van der Waals surface area contributed by atoms with Crippen LogP contribution in [0.1, 0.15) is 44.0 Å². The summed E-state index contributed by atoms with van der Waals surface area (Å²) in [6.07, 6.45) is 1.92. The first kappa shape index (κ1) is 31.0. The van der Waals surface area contributed by atoms with Gasteiger partial charge in [-0.2, -0.15) is 0 Å². The highest BCUT2D eigenvalue weighted by atomic mass is 35.5. The Kier molecular flexibility index (Phi) is 16.0. The zero-order valence-corrected chi connectivity index (χ0v) is 21.0. The minimum absolute atomic E-state index is 0.0427. The van der Waals surface area contributed by atoms with E-state index in [1.54, 1.807) is 19.2 Å². The number of carbonyl (C=O) groups excluding carboxylic acids is 3. The zero-order chi connectivity index (χ0) is 26.1. The van der Waals surface area contributed by atoms with E-state index >= 15 is 0 Å². The monoisotopic (exact) mass is 496 g/mol. The summed E-state index contributed by atoms with van der Waals surface area (Å²) >= 11 is 5.81. The first-order valence-electron chi connectivity index (χ1n) is 10.8. The van der Waals surface area contributed by atoms with Gasteiger partial charge in [-0.15, -0.1) is 0 Å². The van der Waals surface area contributed by atoms with Crippen molar-refractivity contribution in [3.63, 3.8) is 0 Å². The Morgan fingerprint density at radius 1 is 1.12 bits per heavy atom. The van der Waals surface area contributed by atoms with Gasteiger partial charge in [0.25, 0.3) is 5.91 Å². The Bertz CT molecular complexity index is 882. The zero-order valence-electron chi connectivity index (χ0n) is 20.2. The van der Waals surface area contributed by atoms with E-state index in [0.717, 1.165) is 25.1 Å². The summed E-state index contributed by atoms with van der Waals surface area (Å²) in [5.41, 5.74) is 1.73. The van der Waals surface area contributed by atoms with Crippen molar-refractivity contribution in [1.82, 2.24) is 0 Å². The quantitative estimate of drug-likeness (QED) is 0.448. The van der Waals surface area contributed by atoms with Gasteiger partial charge < -0.3 is 29.3 Å². The van der Waals surface area contributed by atoms with Crippen molar-refractivity contribution in [2.45, 2.75) is 39.7 Å². The van der Waals surface area contributed by atoms with Crippen molar-refractivity contribution in [2.24, 2.45) is 0 Å². The van der Waals surface area contributed by atoms with Crippen LogP contribution in [-0.2, 0) is 14.3 Å². The average Bonchev–Trinajstić information content (AvgIpc) is 2.87. The van der Waals surface area contributed by atoms with E-state index < -0.39 is 5.82 Å². The molecule has 0 aromatic heterocycles. The van der Waals surface area contributed by atoms with E-state index in [1.165, 1.54) is 18.2 Å². The molecule has 0 saturated heterocycles. The molecule has 188 valence electrons. The fourth-order valence-electron chi connectivity index (χ4n) is 3.22. The predicted octanol–water partition coefficient (Wildman–Crippen LogP) is 5.40. The molecule has 0 heterocycles. The fourth-order valence-corrected chi connectivity index (χ4v) is 3.40. The van der Waals surface area contributed by atoms with Crippen LogP contribution in [-0.4, -0.2) is 52.4 Å². The van der Waals surface area contributed by atoms with Crippen LogP contribution >= 0.6 is 11.6 Å². The van der Waals surface area contributed by atoms with Crippen molar-refractivity contribution in [3.05, 3.63) is 52.8 Å². The lowest BCUT2D eigenvalue weighted by Gasteiger charge is -2.30. The van der Waals surface area contributed by atoms with E-state index in [-0.39, 0.29) is 17.0 Å². The molecule has 1 N–H and O–H groups in total. The van der Waals surface area contributed by atoms with Gasteiger partial charge in [-0.05, 0) is 56.2 Å². The molecule has 7 nitrogen and oxygen atoms in total. The lowest BCUT2D eigenvalue weighted by molar-refractivity contribution is -0.0987. The molecule has 0 aliphatic rings. The van der Waals surface area contributed by atoms with E-state index in [0.29, 0.717) is 30.2 Å². The SMILES string of the molecule is C=O.C=O.CCCN(CC(CC)OCC)c1cc(C(=O)Nc2ccc(F)c(Cl)c2)ccc1OC. The van der Waals surface area contributed by atoms with Crippen LogP contribution in [0.3, 0.4) is 0 Å². The molecule has 0 fully saturated rings. The van der Waals surface area contributed by atoms with E-state index in [4.69, 9.17) is 30.7 Å². The molecule has 9 heteroatoms. The van der Waals surface area contributed by atoms with Gasteiger partial charge >= 0.3 is 0 Å². The number of halogens is 2. The predicted molar refractivity (Wildman–Crippen MR) is 135 cm³/mol. The molecule has 2 aromatic rings. The standard InChI is InChI=1S/C23H30ClFN2O3.2CH2O/c1-5-12-27(15-18(6-2)30-7-3)21-13-16(8-11-22(21)29-4)23(28)26-17-9-10-20(25)19(24)14-17;2*1-2/h8-11,13-14,18H,5-7,12,15H2,1-4H3,(H,26,28);2*1H2. The number of hydrogen-bond acceptors (Lipinski definition) is 6. The van der Waals surface area contributed by atoms with Gasteiger partial charge in [-0.3, -0.25) is 4.79 Å². The number of amides is 1. The van der Waals surface area contributed by atoms with Gasteiger partial charge in [0.15, 0.2) is 0 Å². The number of hydrogen-bond donors (Lipinski definition) is 1. The Hall–Kier alpha value is -2.97. The van der Waals surface area contributed by atoms with E-state index in [1.807, 2.05) is 26.6 Å². The third-order valence-corrected chi connectivity index (χ3v) is 5.02. The Morgan fingerprint density at radius 3 is 2.32 bits per heavy atom. The van der Waals surface area contributed by atoms with Gasteiger partial charge in [-0.1, -0.05) is 25.4 Å². The summed E-state index contributed by atoms with van der Waals surface area (Å²) in [4.78, 5) is 31.0. The fraction of sp³-hybridized carbons (Fsp3) is 0.400. The second-order valence-corrected chi connectivity index (χ2v) is 7.31. The highest BCUT2D eigenvalue weighted by Gasteiger charge is 2.19. The maximum absolute atomic E-state index is 13.4. The topological polar surface area (TPSA) is 84.9 Å². The first-order valence-corrected chi connectivity index (χ1v) is 11.2. The molecule has 0 aliphatic carbocycles. The number of rotatable bonds is 11. The summed E-state index contributed by atoms with van der Waals surface area (Å²) in [5, 5.41) is 2.72. The highest BCUT2D eigenvalue weighted by molar-refractivity contribution is 6.31. The van der Waals surface area contributed by atoms with Gasteiger partial charge in [0.2, 0.25) is 0 Å². The number of anilines is 2. The van der Waals surface area contributed by atoms with Crippen LogP contribution < -0.4 is 15.0 Å². The molecule has 1 atom stereocenters. The lowest BCUT2D eigenvalue weighted by Crippen LogP contribution is -2.35. The molecule has 2 aromatic carbocycles. The number of methoxy groups -OCH3 is 1. The van der Waals surface area contributed by atoms with Crippen molar-refractivity contribution in [3.8, 4) is 5.75 Å². The largest absolute Gasteiger partial charge is 0.495 e. The van der Waals surface area contributed by atoms with Gasteiger partial charge in [0.1, 0.15) is 25.1 Å². The number of ether oxygens (including phenoxy) is 2. The van der Waals surface area contributed by atoms with Crippen LogP contribution in [0.15, 0.2) is 36.4 Å². The molecule has 0 spiro atoms. The number of carbonyl (C=O) groups is 3. The second-order valence-electron chi connectivity index (χ2n) is 6.90. The minimum atomic E-state index is -0.531. The lowest BCUT2D eigenvalue weighted by atomic mass is 10.1. The molecule has 2 rings (SSSR count). The molecule has 1 unspecified atom stereocenters. The molecule has 0 radical (unpaired) electrons.